The number of methoxy groups -OCH3 is 2. The summed E-state index contributed by atoms with van der Waals surface area (Å²) in [6.07, 6.45) is 0. The molecule has 0 aliphatic rings. The number of ether oxygens (including phenoxy) is 2. The second kappa shape index (κ2) is 35.3. The molecule has 0 aromatic heterocycles. The van der Waals surface area contributed by atoms with Crippen molar-refractivity contribution in [3.63, 3.8) is 0 Å². The van der Waals surface area contributed by atoms with Crippen molar-refractivity contribution in [2.24, 2.45) is 20.6 Å². The summed E-state index contributed by atoms with van der Waals surface area (Å²) in [5, 5.41) is 15.6. The van der Waals surface area contributed by atoms with Crippen LogP contribution in [0.25, 0.3) is 0 Å². The summed E-state index contributed by atoms with van der Waals surface area (Å²) >= 11 is 0. The van der Waals surface area contributed by atoms with Gasteiger partial charge >= 0.3 is 0 Å². The van der Waals surface area contributed by atoms with E-state index in [-0.39, 0.29) is 0 Å². The maximum Gasteiger partial charge on any atom is 0.142 e. The molecule has 3 aromatic carbocycles. The molecule has 0 aliphatic heterocycles. The molecule has 10 heteroatoms. The molecular weight excluding hydrogens is 644 g/mol. The Morgan fingerprint density at radius 1 is 0.412 bits per heavy atom. The maximum atomic E-state index is 5.24. The van der Waals surface area contributed by atoms with E-state index in [0.29, 0.717) is 19.8 Å². The van der Waals surface area contributed by atoms with Crippen molar-refractivity contribution in [3.05, 3.63) is 106 Å². The lowest BCUT2D eigenvalue weighted by Crippen LogP contribution is -2.02. The second-order valence-electron chi connectivity index (χ2n) is 9.73. The SMILES string of the molecule is CC.CC.CC.COCc1ccccc1C(C)=NOC.COCc1ccccc1C(C)=NOC.CON=C(C)c1ccccc1CON=C(C)C. The Bertz CT molecular complexity index is 1330. The van der Waals surface area contributed by atoms with Crippen LogP contribution >= 0.6 is 0 Å². The third-order valence-electron chi connectivity index (χ3n) is 5.97. The molecule has 10 nitrogen and oxygen atoms in total. The third-order valence-corrected chi connectivity index (χ3v) is 5.97. The molecule has 3 aromatic rings. The van der Waals surface area contributed by atoms with Gasteiger partial charge in [-0.15, -0.1) is 0 Å². The molecule has 3 rings (SSSR count). The van der Waals surface area contributed by atoms with Crippen molar-refractivity contribution in [3.8, 4) is 0 Å². The van der Waals surface area contributed by atoms with Crippen LogP contribution < -0.4 is 0 Å². The molecule has 0 atom stereocenters. The van der Waals surface area contributed by atoms with Crippen LogP contribution in [0, 0.1) is 0 Å². The van der Waals surface area contributed by atoms with Crippen molar-refractivity contribution in [1.82, 2.24) is 0 Å². The molecule has 0 radical (unpaired) electrons. The van der Waals surface area contributed by atoms with E-state index in [1.165, 1.54) is 7.11 Å². The van der Waals surface area contributed by atoms with Crippen molar-refractivity contribution in [1.29, 1.82) is 0 Å². The summed E-state index contributed by atoms with van der Waals surface area (Å²) in [6.45, 7) is 23.1. The smallest absolute Gasteiger partial charge is 0.142 e. The highest BCUT2D eigenvalue weighted by Crippen LogP contribution is 2.13. The maximum absolute atomic E-state index is 5.24. The number of benzene rings is 3. The summed E-state index contributed by atoms with van der Waals surface area (Å²) in [6, 6.07) is 23.9. The average molecular weight is 711 g/mol. The zero-order valence-corrected chi connectivity index (χ0v) is 34.3. The fourth-order valence-corrected chi connectivity index (χ4v) is 4.10. The summed E-state index contributed by atoms with van der Waals surface area (Å²) in [5.41, 5.74) is 9.86. The molecule has 51 heavy (non-hydrogen) atoms. The Morgan fingerprint density at radius 3 is 0.941 bits per heavy atom. The summed E-state index contributed by atoms with van der Waals surface area (Å²) in [4.78, 5) is 19.5. The van der Waals surface area contributed by atoms with E-state index in [1.807, 2.05) is 149 Å². The third kappa shape index (κ3) is 22.7. The highest BCUT2D eigenvalue weighted by molar-refractivity contribution is 6.00. The van der Waals surface area contributed by atoms with Gasteiger partial charge in [-0.25, -0.2) is 0 Å². The van der Waals surface area contributed by atoms with Gasteiger partial charge in [0.15, 0.2) is 0 Å². The molecule has 0 aliphatic carbocycles. The fraction of sp³-hybridized carbons (Fsp3) is 0.463. The lowest BCUT2D eigenvalue weighted by atomic mass is 10.0. The lowest BCUT2D eigenvalue weighted by Gasteiger charge is -2.07. The number of nitrogens with zero attached hydrogens (tertiary/aromatic N) is 4. The largest absolute Gasteiger partial charge is 0.399 e. The first kappa shape index (κ1) is 50.8. The molecule has 0 saturated carbocycles. The van der Waals surface area contributed by atoms with Crippen LogP contribution in [0.2, 0.25) is 0 Å². The van der Waals surface area contributed by atoms with Crippen LogP contribution in [-0.4, -0.2) is 58.4 Å². The zero-order chi connectivity index (χ0) is 39.5. The molecule has 0 bridgehead atoms. The van der Waals surface area contributed by atoms with E-state index >= 15 is 0 Å². The number of hydrogen-bond acceptors (Lipinski definition) is 10. The topological polar surface area (TPSA) is 105 Å². The van der Waals surface area contributed by atoms with Crippen LogP contribution in [0.5, 0.6) is 0 Å². The summed E-state index contributed by atoms with van der Waals surface area (Å²) in [7, 11) is 7.98. The Kier molecular flexibility index (Phi) is 35.2. The average Bonchev–Trinajstić information content (AvgIpc) is 3.16. The van der Waals surface area contributed by atoms with E-state index in [0.717, 1.165) is 56.2 Å². The molecule has 0 N–H and O–H groups in total. The van der Waals surface area contributed by atoms with Gasteiger partial charge in [0.25, 0.3) is 0 Å². The first-order chi connectivity index (χ1) is 24.7. The quantitative estimate of drug-likeness (QED) is 0.129. The predicted molar refractivity (Wildman–Crippen MR) is 216 cm³/mol. The van der Waals surface area contributed by atoms with Crippen molar-refractivity contribution in [2.45, 2.75) is 96.0 Å². The monoisotopic (exact) mass is 710 g/mol. The number of oxime groups is 4. The van der Waals surface area contributed by atoms with Crippen LogP contribution in [0.1, 0.15) is 110 Å². The molecule has 0 spiro atoms. The molecule has 0 saturated heterocycles. The molecule has 0 heterocycles. The van der Waals surface area contributed by atoms with Gasteiger partial charge in [-0.3, -0.25) is 0 Å². The standard InChI is InChI=1S/C13H18N2O2.2C11H15NO2.3C2H6/c1-10(2)14-17-9-12-7-5-6-8-13(12)11(3)15-16-4;2*1-9(12-14-3)11-7-5-4-6-10(11)8-13-2;3*1-2/h5-8H,9H2,1-4H3;2*4-7H,8H2,1-3H3;3*1-2H3. The summed E-state index contributed by atoms with van der Waals surface area (Å²) < 4.78 is 10.2. The second-order valence-corrected chi connectivity index (χ2v) is 9.73. The van der Waals surface area contributed by atoms with Crippen molar-refractivity contribution >= 4 is 22.8 Å². The normalized spacial score (nSPS) is 10.3. The van der Waals surface area contributed by atoms with Crippen LogP contribution in [0.4, 0.5) is 0 Å². The minimum atomic E-state index is 0.428. The number of rotatable bonds is 13. The van der Waals surface area contributed by atoms with Crippen LogP contribution in [0.3, 0.4) is 0 Å². The Morgan fingerprint density at radius 2 is 0.686 bits per heavy atom. The molecule has 0 amide bonds. The molecular formula is C41H66N4O6. The molecule has 0 fully saturated rings. The Hall–Kier alpha value is -4.54. The highest BCUT2D eigenvalue weighted by Gasteiger charge is 2.07. The van der Waals surface area contributed by atoms with Crippen molar-refractivity contribution in [2.75, 3.05) is 35.5 Å². The van der Waals surface area contributed by atoms with E-state index in [4.69, 9.17) is 28.8 Å². The van der Waals surface area contributed by atoms with Gasteiger partial charge in [-0.1, -0.05) is 135 Å². The molecule has 286 valence electrons. The van der Waals surface area contributed by atoms with E-state index in [2.05, 4.69) is 20.6 Å². The summed E-state index contributed by atoms with van der Waals surface area (Å²) in [5.74, 6) is 0. The predicted octanol–water partition coefficient (Wildman–Crippen LogP) is 10.5. The Balaban J connectivity index is -0.000000633. The van der Waals surface area contributed by atoms with Gasteiger partial charge in [0.2, 0.25) is 0 Å². The van der Waals surface area contributed by atoms with Gasteiger partial charge in [-0.05, 0) is 45.7 Å². The Labute approximate surface area is 309 Å². The first-order valence-corrected chi connectivity index (χ1v) is 17.3. The lowest BCUT2D eigenvalue weighted by molar-refractivity contribution is 0.130. The van der Waals surface area contributed by atoms with Gasteiger partial charge in [0.05, 0.1) is 36.1 Å². The van der Waals surface area contributed by atoms with E-state index in [9.17, 15) is 0 Å². The van der Waals surface area contributed by atoms with Gasteiger partial charge in [0.1, 0.15) is 27.9 Å². The van der Waals surface area contributed by atoms with Crippen LogP contribution in [0.15, 0.2) is 93.4 Å². The minimum Gasteiger partial charge on any atom is -0.399 e. The minimum absolute atomic E-state index is 0.428. The van der Waals surface area contributed by atoms with E-state index < -0.39 is 0 Å². The van der Waals surface area contributed by atoms with Gasteiger partial charge in [-0.2, -0.15) is 0 Å². The van der Waals surface area contributed by atoms with E-state index in [1.54, 1.807) is 28.4 Å². The molecule has 0 unspecified atom stereocenters. The zero-order valence-electron chi connectivity index (χ0n) is 34.3. The fourth-order valence-electron chi connectivity index (χ4n) is 4.10. The first-order valence-electron chi connectivity index (χ1n) is 17.3. The number of hydrogen-bond donors (Lipinski definition) is 0. The van der Waals surface area contributed by atoms with Gasteiger partial charge < -0.3 is 28.8 Å². The van der Waals surface area contributed by atoms with Crippen molar-refractivity contribution < 1.29 is 28.8 Å². The van der Waals surface area contributed by atoms with Crippen LogP contribution in [-0.2, 0) is 48.6 Å². The highest BCUT2D eigenvalue weighted by atomic mass is 16.6. The van der Waals surface area contributed by atoms with Gasteiger partial charge in [0, 0.05) is 36.5 Å².